The number of halogens is 1. The van der Waals surface area contributed by atoms with Crippen molar-refractivity contribution < 1.29 is 13.2 Å². The van der Waals surface area contributed by atoms with Gasteiger partial charge >= 0.3 is 0 Å². The Morgan fingerprint density at radius 1 is 1.18 bits per heavy atom. The monoisotopic (exact) mass is 348 g/mol. The van der Waals surface area contributed by atoms with E-state index in [9.17, 15) is 13.2 Å². The molecule has 0 saturated carbocycles. The van der Waals surface area contributed by atoms with Crippen LogP contribution in [-0.2, 0) is 15.6 Å². The van der Waals surface area contributed by atoms with E-state index in [4.69, 9.17) is 5.73 Å². The van der Waals surface area contributed by atoms with Crippen LogP contribution in [0.5, 0.6) is 0 Å². The van der Waals surface area contributed by atoms with Crippen LogP contribution in [0.4, 0.5) is 0 Å². The molecule has 0 fully saturated rings. The van der Waals surface area contributed by atoms with Gasteiger partial charge in [0.1, 0.15) is 0 Å². The molecule has 22 heavy (non-hydrogen) atoms. The van der Waals surface area contributed by atoms with Gasteiger partial charge in [-0.3, -0.25) is 4.79 Å². The summed E-state index contributed by atoms with van der Waals surface area (Å²) in [5.41, 5.74) is 6.56. The first-order valence-electron chi connectivity index (χ1n) is 7.04. The second-order valence-corrected chi connectivity index (χ2v) is 7.55. The molecule has 0 bridgehead atoms. The van der Waals surface area contributed by atoms with Crippen LogP contribution in [0.25, 0.3) is 0 Å². The van der Waals surface area contributed by atoms with Gasteiger partial charge in [0, 0.05) is 18.4 Å². The molecule has 0 saturated heterocycles. The molecule has 0 atom stereocenters. The number of carbonyl (C=O) groups excluding carboxylic acids is 1. The molecule has 1 aromatic rings. The lowest BCUT2D eigenvalue weighted by Crippen LogP contribution is -2.52. The molecule has 1 amide bonds. The maximum absolute atomic E-state index is 12.2. The average Bonchev–Trinajstić information content (AvgIpc) is 2.44. The molecule has 3 N–H and O–H groups in total. The van der Waals surface area contributed by atoms with Gasteiger partial charge in [0.2, 0.25) is 0 Å². The summed E-state index contributed by atoms with van der Waals surface area (Å²) in [6.07, 6.45) is 2.71. The van der Waals surface area contributed by atoms with Crippen LogP contribution in [0.2, 0.25) is 0 Å². The number of rotatable bonds is 7. The van der Waals surface area contributed by atoms with Crippen molar-refractivity contribution in [3.63, 3.8) is 0 Å². The number of carbonyl (C=O) groups is 1. The minimum Gasteiger partial charge on any atom is -0.345 e. The van der Waals surface area contributed by atoms with Crippen LogP contribution < -0.4 is 11.1 Å². The van der Waals surface area contributed by atoms with Crippen molar-refractivity contribution in [1.29, 1.82) is 0 Å². The third-order valence-electron chi connectivity index (χ3n) is 3.77. The number of sulfone groups is 1. The van der Waals surface area contributed by atoms with Crippen molar-refractivity contribution in [3.8, 4) is 0 Å². The first-order valence-corrected chi connectivity index (χ1v) is 9.10. The summed E-state index contributed by atoms with van der Waals surface area (Å²) < 4.78 is 22.5. The zero-order chi connectivity index (χ0) is 16.1. The highest BCUT2D eigenvalue weighted by atomic mass is 35.5. The molecule has 0 aromatic heterocycles. The Morgan fingerprint density at radius 2 is 1.68 bits per heavy atom. The summed E-state index contributed by atoms with van der Waals surface area (Å²) in [4.78, 5) is 12.2. The first kappa shape index (κ1) is 20.9. The summed E-state index contributed by atoms with van der Waals surface area (Å²) in [7, 11) is -3.07. The summed E-state index contributed by atoms with van der Waals surface area (Å²) in [5.74, 6) is -0.207. The lowest BCUT2D eigenvalue weighted by molar-refractivity contribution is 0.0895. The molecule has 0 aliphatic heterocycles. The van der Waals surface area contributed by atoms with Crippen molar-refractivity contribution in [2.24, 2.45) is 5.73 Å². The van der Waals surface area contributed by atoms with E-state index in [1.807, 2.05) is 13.8 Å². The van der Waals surface area contributed by atoms with E-state index in [1.54, 1.807) is 24.3 Å². The highest BCUT2D eigenvalue weighted by molar-refractivity contribution is 7.89. The van der Waals surface area contributed by atoms with Gasteiger partial charge in [-0.15, -0.1) is 12.4 Å². The minimum atomic E-state index is -3.07. The smallest absolute Gasteiger partial charge is 0.251 e. The van der Waals surface area contributed by atoms with Gasteiger partial charge in [0.25, 0.3) is 5.91 Å². The average molecular weight is 349 g/mol. The summed E-state index contributed by atoms with van der Waals surface area (Å²) >= 11 is 0. The number of nitrogens with two attached hydrogens (primary N) is 1. The molecule has 7 heteroatoms. The number of amides is 1. The summed E-state index contributed by atoms with van der Waals surface area (Å²) in [6, 6.07) is 6.61. The molecule has 0 aliphatic rings. The van der Waals surface area contributed by atoms with E-state index in [2.05, 4.69) is 5.32 Å². The molecule has 1 aromatic carbocycles. The fourth-order valence-corrected chi connectivity index (χ4v) is 2.93. The zero-order valence-electron chi connectivity index (χ0n) is 13.3. The molecular weight excluding hydrogens is 324 g/mol. The standard InChI is InChI=1S/C15H24N2O3S.ClH/c1-4-15(5-2,11-16)17-14(18)13-8-6-12(7-9-13)10-21(3,19)20;/h6-9H,4-5,10-11,16H2,1-3H3,(H,17,18);1H. The Hall–Kier alpha value is -1.11. The number of nitrogens with one attached hydrogen (secondary N) is 1. The summed E-state index contributed by atoms with van der Waals surface area (Å²) in [6.45, 7) is 4.37. The number of hydrogen-bond acceptors (Lipinski definition) is 4. The van der Waals surface area contributed by atoms with Crippen LogP contribution in [-0.4, -0.2) is 32.7 Å². The van der Waals surface area contributed by atoms with Gasteiger partial charge in [-0.25, -0.2) is 8.42 Å². The predicted molar refractivity (Wildman–Crippen MR) is 92.1 cm³/mol. The van der Waals surface area contributed by atoms with E-state index < -0.39 is 9.84 Å². The van der Waals surface area contributed by atoms with E-state index >= 15 is 0 Å². The number of benzene rings is 1. The van der Waals surface area contributed by atoms with E-state index in [-0.39, 0.29) is 29.6 Å². The highest BCUT2D eigenvalue weighted by Crippen LogP contribution is 2.15. The van der Waals surface area contributed by atoms with Crippen LogP contribution in [0, 0.1) is 0 Å². The molecule has 0 unspecified atom stereocenters. The van der Waals surface area contributed by atoms with Crippen LogP contribution >= 0.6 is 12.4 Å². The Kier molecular flexibility index (Phi) is 8.07. The van der Waals surface area contributed by atoms with Crippen molar-refractivity contribution >= 4 is 28.2 Å². The Labute approximate surface area is 139 Å². The fraction of sp³-hybridized carbons (Fsp3) is 0.533. The molecule has 5 nitrogen and oxygen atoms in total. The highest BCUT2D eigenvalue weighted by Gasteiger charge is 2.26. The van der Waals surface area contributed by atoms with Gasteiger partial charge in [0.15, 0.2) is 9.84 Å². The largest absolute Gasteiger partial charge is 0.345 e. The van der Waals surface area contributed by atoms with E-state index in [0.717, 1.165) is 12.8 Å². The normalized spacial score (nSPS) is 11.6. The quantitative estimate of drug-likeness (QED) is 0.787. The second-order valence-electron chi connectivity index (χ2n) is 5.41. The maximum Gasteiger partial charge on any atom is 0.251 e. The van der Waals surface area contributed by atoms with Crippen LogP contribution in [0.15, 0.2) is 24.3 Å². The zero-order valence-corrected chi connectivity index (χ0v) is 14.9. The van der Waals surface area contributed by atoms with Crippen molar-refractivity contribution in [2.45, 2.75) is 38.0 Å². The Bertz CT molecular complexity index is 573. The van der Waals surface area contributed by atoms with Gasteiger partial charge in [-0.05, 0) is 30.5 Å². The fourth-order valence-electron chi connectivity index (χ4n) is 2.13. The minimum absolute atomic E-state index is 0. The van der Waals surface area contributed by atoms with Gasteiger partial charge in [-0.2, -0.15) is 0 Å². The Morgan fingerprint density at radius 3 is 2.05 bits per heavy atom. The first-order chi connectivity index (χ1) is 9.75. The molecule has 1 rings (SSSR count). The second kappa shape index (κ2) is 8.50. The van der Waals surface area contributed by atoms with Crippen molar-refractivity contribution in [2.75, 3.05) is 12.8 Å². The predicted octanol–water partition coefficient (Wildman–Crippen LogP) is 1.90. The SMILES string of the molecule is CCC(CC)(CN)NC(=O)c1ccc(CS(C)(=O)=O)cc1.Cl. The Balaban J connectivity index is 0.00000441. The number of hydrogen-bond donors (Lipinski definition) is 2. The topological polar surface area (TPSA) is 89.3 Å². The molecule has 0 radical (unpaired) electrons. The van der Waals surface area contributed by atoms with Crippen molar-refractivity contribution in [3.05, 3.63) is 35.4 Å². The lowest BCUT2D eigenvalue weighted by Gasteiger charge is -2.31. The van der Waals surface area contributed by atoms with Gasteiger partial charge in [-0.1, -0.05) is 26.0 Å². The van der Waals surface area contributed by atoms with Gasteiger partial charge in [0.05, 0.1) is 11.3 Å². The lowest BCUT2D eigenvalue weighted by atomic mass is 9.92. The molecule has 126 valence electrons. The van der Waals surface area contributed by atoms with E-state index in [0.29, 0.717) is 17.7 Å². The molecule has 0 heterocycles. The molecule has 0 aliphatic carbocycles. The molecular formula is C15H25ClN2O3S. The van der Waals surface area contributed by atoms with Gasteiger partial charge < -0.3 is 11.1 Å². The van der Waals surface area contributed by atoms with Crippen LogP contribution in [0.3, 0.4) is 0 Å². The third kappa shape index (κ3) is 5.94. The van der Waals surface area contributed by atoms with Crippen molar-refractivity contribution in [1.82, 2.24) is 5.32 Å². The maximum atomic E-state index is 12.2. The van der Waals surface area contributed by atoms with Crippen LogP contribution in [0.1, 0.15) is 42.6 Å². The van der Waals surface area contributed by atoms with E-state index in [1.165, 1.54) is 6.26 Å². The molecule has 0 spiro atoms. The third-order valence-corrected chi connectivity index (χ3v) is 4.63. The summed E-state index contributed by atoms with van der Waals surface area (Å²) in [5, 5.41) is 2.98.